The zero-order chi connectivity index (χ0) is 25.2. The van der Waals surface area contributed by atoms with E-state index in [1.54, 1.807) is 59.7 Å². The van der Waals surface area contributed by atoms with E-state index in [4.69, 9.17) is 0 Å². The van der Waals surface area contributed by atoms with Crippen molar-refractivity contribution in [2.24, 2.45) is 0 Å². The van der Waals surface area contributed by atoms with Crippen LogP contribution in [0, 0.1) is 20.2 Å². The quantitative estimate of drug-likeness (QED) is 0.173. The second-order valence-electron chi connectivity index (χ2n) is 7.61. The van der Waals surface area contributed by atoms with Gasteiger partial charge in [-0.3, -0.25) is 24.8 Å². The molecule has 0 aliphatic rings. The number of benzene rings is 2. The van der Waals surface area contributed by atoms with E-state index in [0.29, 0.717) is 5.56 Å². The molecule has 11 nitrogen and oxygen atoms in total. The summed E-state index contributed by atoms with van der Waals surface area (Å²) in [5.41, 5.74) is 1.65. The van der Waals surface area contributed by atoms with Crippen LogP contribution < -0.4 is 14.4 Å². The molecule has 0 saturated heterocycles. The highest BCUT2D eigenvalue weighted by molar-refractivity contribution is 7.60. The van der Waals surface area contributed by atoms with Gasteiger partial charge in [-0.05, 0) is 17.2 Å². The number of aromatic nitrogens is 2. The number of hydrogen-bond donors (Lipinski definition) is 2. The predicted octanol–water partition coefficient (Wildman–Crippen LogP) is 2.59. The SMILES string of the molecule is O=[N+]([O-])c1ccc(-[n+]2ccc(-c3cc[n+](Cc4ccccc4P(=O)(O)O)cc3)cc2)c([N+](=O)[O-])c1. The van der Waals surface area contributed by atoms with Gasteiger partial charge in [-0.2, -0.15) is 4.57 Å². The maximum atomic E-state index is 11.7. The first-order valence-electron chi connectivity index (χ1n) is 10.2. The van der Waals surface area contributed by atoms with Crippen LogP contribution in [0.25, 0.3) is 16.8 Å². The summed E-state index contributed by atoms with van der Waals surface area (Å²) in [6.45, 7) is 0.278. The Bertz CT molecular complexity index is 1470. The minimum absolute atomic E-state index is 0.00970. The maximum absolute atomic E-state index is 11.7. The minimum Gasteiger partial charge on any atom is -0.321 e. The highest BCUT2D eigenvalue weighted by atomic mass is 31.2. The number of hydrogen-bond acceptors (Lipinski definition) is 5. The van der Waals surface area contributed by atoms with Gasteiger partial charge in [-0.15, -0.1) is 0 Å². The number of rotatable bonds is 7. The van der Waals surface area contributed by atoms with E-state index >= 15 is 0 Å². The zero-order valence-electron chi connectivity index (χ0n) is 18.0. The Kier molecular flexibility index (Phi) is 6.48. The third kappa shape index (κ3) is 5.28. The van der Waals surface area contributed by atoms with E-state index in [1.807, 2.05) is 12.1 Å². The molecule has 2 heterocycles. The molecule has 0 spiro atoms. The molecule has 176 valence electrons. The summed E-state index contributed by atoms with van der Waals surface area (Å²) in [5, 5.41) is 22.4. The second kappa shape index (κ2) is 9.51. The molecule has 0 saturated carbocycles. The lowest BCUT2D eigenvalue weighted by molar-refractivity contribution is -0.688. The first kappa shape index (κ1) is 23.8. The third-order valence-corrected chi connectivity index (χ3v) is 6.42. The van der Waals surface area contributed by atoms with Crippen LogP contribution in [0.15, 0.2) is 91.5 Å². The Balaban J connectivity index is 1.57. The maximum Gasteiger partial charge on any atom is 0.356 e. The van der Waals surface area contributed by atoms with Crippen LogP contribution >= 0.6 is 7.60 Å². The fourth-order valence-corrected chi connectivity index (χ4v) is 4.45. The first-order chi connectivity index (χ1) is 16.6. The smallest absolute Gasteiger partial charge is 0.321 e. The lowest BCUT2D eigenvalue weighted by atomic mass is 10.1. The molecule has 0 atom stereocenters. The van der Waals surface area contributed by atoms with E-state index in [9.17, 15) is 34.6 Å². The van der Waals surface area contributed by atoms with E-state index in [-0.39, 0.29) is 28.9 Å². The summed E-state index contributed by atoms with van der Waals surface area (Å²) in [5.74, 6) is 0. The lowest BCUT2D eigenvalue weighted by Crippen LogP contribution is -2.35. The van der Waals surface area contributed by atoms with Gasteiger partial charge in [-0.25, -0.2) is 4.57 Å². The van der Waals surface area contributed by atoms with Crippen molar-refractivity contribution in [2.75, 3.05) is 0 Å². The van der Waals surface area contributed by atoms with Gasteiger partial charge in [0, 0.05) is 42.0 Å². The van der Waals surface area contributed by atoms with E-state index in [2.05, 4.69) is 0 Å². The average molecular weight is 494 g/mol. The van der Waals surface area contributed by atoms with Crippen LogP contribution in [-0.4, -0.2) is 19.6 Å². The molecule has 12 heteroatoms. The van der Waals surface area contributed by atoms with Gasteiger partial charge in [0.15, 0.2) is 31.3 Å². The van der Waals surface area contributed by atoms with Crippen molar-refractivity contribution < 1.29 is 33.3 Å². The van der Waals surface area contributed by atoms with E-state index < -0.39 is 17.4 Å². The highest BCUT2D eigenvalue weighted by Gasteiger charge is 2.26. The molecular weight excluding hydrogens is 475 g/mol. The Labute approximate surface area is 198 Å². The Hall–Kier alpha value is -4.31. The van der Waals surface area contributed by atoms with Crippen LogP contribution in [0.3, 0.4) is 0 Å². The van der Waals surface area contributed by atoms with Gasteiger partial charge in [-0.1, -0.05) is 18.2 Å². The van der Waals surface area contributed by atoms with Crippen molar-refractivity contribution in [3.63, 3.8) is 0 Å². The monoisotopic (exact) mass is 494 g/mol. The molecule has 0 amide bonds. The molecule has 4 aromatic rings. The van der Waals surface area contributed by atoms with Crippen molar-refractivity contribution in [1.29, 1.82) is 0 Å². The van der Waals surface area contributed by atoms with Crippen molar-refractivity contribution in [3.05, 3.63) is 117 Å². The molecule has 0 aliphatic heterocycles. The molecule has 0 bridgehead atoms. The molecule has 4 rings (SSSR count). The van der Waals surface area contributed by atoms with Gasteiger partial charge in [0.05, 0.1) is 15.2 Å². The summed E-state index contributed by atoms with van der Waals surface area (Å²) < 4.78 is 15.0. The van der Waals surface area contributed by atoms with E-state index in [0.717, 1.165) is 17.2 Å². The summed E-state index contributed by atoms with van der Waals surface area (Å²) in [7, 11) is -4.39. The number of non-ortho nitro benzene ring substituents is 1. The van der Waals surface area contributed by atoms with Crippen LogP contribution in [0.2, 0.25) is 0 Å². The Morgan fingerprint density at radius 1 is 0.800 bits per heavy atom. The molecule has 0 aliphatic carbocycles. The van der Waals surface area contributed by atoms with Crippen molar-refractivity contribution >= 4 is 24.3 Å². The Morgan fingerprint density at radius 3 is 1.97 bits per heavy atom. The standard InChI is InChI=1S/C23H17N4O7P/c28-26(29)20-5-6-21(22(15-20)27(30)31)25-13-9-18(10-14-25)17-7-11-24(12-8-17)16-19-3-1-2-4-23(19)35(32,33)34/h1-15H,16H2/p+2. The van der Waals surface area contributed by atoms with Crippen molar-refractivity contribution in [3.8, 4) is 16.8 Å². The zero-order valence-corrected chi connectivity index (χ0v) is 18.9. The third-order valence-electron chi connectivity index (χ3n) is 5.36. The number of nitrogens with zero attached hydrogens (tertiary/aromatic N) is 4. The molecule has 35 heavy (non-hydrogen) atoms. The van der Waals surface area contributed by atoms with Crippen LogP contribution in [0.4, 0.5) is 11.4 Å². The molecule has 0 radical (unpaired) electrons. The van der Waals surface area contributed by atoms with Gasteiger partial charge < -0.3 is 9.79 Å². The largest absolute Gasteiger partial charge is 0.356 e. The molecule has 2 aromatic carbocycles. The van der Waals surface area contributed by atoms with Gasteiger partial charge in [0.25, 0.3) is 11.4 Å². The molecule has 0 fully saturated rings. The molecule has 0 unspecified atom stereocenters. The number of pyridine rings is 2. The lowest BCUT2D eigenvalue weighted by Gasteiger charge is -2.08. The molecule has 2 aromatic heterocycles. The summed E-state index contributed by atoms with van der Waals surface area (Å²) in [6, 6.07) is 17.1. The number of nitro benzene ring substituents is 2. The minimum atomic E-state index is -4.39. The predicted molar refractivity (Wildman–Crippen MR) is 124 cm³/mol. The van der Waals surface area contributed by atoms with Crippen molar-refractivity contribution in [1.82, 2.24) is 0 Å². The summed E-state index contributed by atoms with van der Waals surface area (Å²) in [4.78, 5) is 40.2. The highest BCUT2D eigenvalue weighted by Crippen LogP contribution is 2.34. The summed E-state index contributed by atoms with van der Waals surface area (Å²) >= 11 is 0. The molecule has 2 N–H and O–H groups in total. The molecular formula is C23H19N4O7P+2. The first-order valence-corrected chi connectivity index (χ1v) is 11.8. The van der Waals surface area contributed by atoms with Crippen LogP contribution in [-0.2, 0) is 11.1 Å². The van der Waals surface area contributed by atoms with Gasteiger partial charge in [0.1, 0.15) is 6.07 Å². The topological polar surface area (TPSA) is 152 Å². The van der Waals surface area contributed by atoms with Gasteiger partial charge in [0.2, 0.25) is 0 Å². The normalized spacial score (nSPS) is 11.3. The fourth-order valence-electron chi connectivity index (χ4n) is 3.65. The second-order valence-corrected chi connectivity index (χ2v) is 9.18. The van der Waals surface area contributed by atoms with Crippen LogP contribution in [0.5, 0.6) is 0 Å². The van der Waals surface area contributed by atoms with Crippen molar-refractivity contribution in [2.45, 2.75) is 6.54 Å². The van der Waals surface area contributed by atoms with Crippen LogP contribution in [0.1, 0.15) is 5.56 Å². The Morgan fingerprint density at radius 2 is 1.40 bits per heavy atom. The average Bonchev–Trinajstić information content (AvgIpc) is 2.84. The van der Waals surface area contributed by atoms with E-state index in [1.165, 1.54) is 22.8 Å². The number of nitro groups is 2. The fraction of sp³-hybridized carbons (Fsp3) is 0.0435. The van der Waals surface area contributed by atoms with Gasteiger partial charge >= 0.3 is 13.3 Å². The summed E-state index contributed by atoms with van der Waals surface area (Å²) in [6.07, 6.45) is 6.82.